The van der Waals surface area contributed by atoms with Gasteiger partial charge in [0.2, 0.25) is 0 Å². The molecule has 0 spiro atoms. The lowest BCUT2D eigenvalue weighted by Gasteiger charge is -1.96. The Morgan fingerprint density at radius 2 is 1.62 bits per heavy atom. The van der Waals surface area contributed by atoms with E-state index in [1.807, 2.05) is 35.0 Å². The number of hydrogen-bond donors (Lipinski definition) is 0. The van der Waals surface area contributed by atoms with Crippen molar-refractivity contribution in [2.45, 2.75) is 0 Å². The van der Waals surface area contributed by atoms with Crippen molar-refractivity contribution >= 4 is 22.7 Å². The predicted molar refractivity (Wildman–Crippen MR) is 66.5 cm³/mol. The van der Waals surface area contributed by atoms with Gasteiger partial charge in [0.1, 0.15) is 5.69 Å². The molecule has 3 heterocycles. The molecule has 0 aromatic carbocycles. The van der Waals surface area contributed by atoms with Gasteiger partial charge in [-0.15, -0.1) is 32.9 Å². The lowest BCUT2D eigenvalue weighted by molar-refractivity contribution is 0.994. The van der Waals surface area contributed by atoms with E-state index >= 15 is 0 Å². The van der Waals surface area contributed by atoms with Crippen LogP contribution in [0.25, 0.3) is 21.3 Å². The van der Waals surface area contributed by atoms with E-state index in [2.05, 4.69) is 15.2 Å². The molecule has 0 atom stereocenters. The number of rotatable bonds is 2. The molecule has 16 heavy (non-hydrogen) atoms. The van der Waals surface area contributed by atoms with Crippen molar-refractivity contribution in [1.29, 1.82) is 0 Å². The lowest BCUT2D eigenvalue weighted by Crippen LogP contribution is -1.91. The Morgan fingerprint density at radius 3 is 2.19 bits per heavy atom. The number of thiophene rings is 2. The van der Waals surface area contributed by atoms with Crippen LogP contribution in [0.15, 0.2) is 41.2 Å². The molecule has 0 amide bonds. The molecular formula is C11H7N3S2. The normalized spacial score (nSPS) is 10.5. The first kappa shape index (κ1) is 9.62. The fraction of sp³-hybridized carbons (Fsp3) is 0. The van der Waals surface area contributed by atoms with Crippen molar-refractivity contribution in [1.82, 2.24) is 15.2 Å². The minimum Gasteiger partial charge on any atom is -0.232 e. The second-order valence-electron chi connectivity index (χ2n) is 3.12. The minimum absolute atomic E-state index is 0.690. The maximum Gasteiger partial charge on any atom is 0.191 e. The Morgan fingerprint density at radius 1 is 0.875 bits per heavy atom. The Hall–Kier alpha value is -1.59. The third-order valence-corrected chi connectivity index (χ3v) is 3.83. The molecule has 0 fully saturated rings. The minimum atomic E-state index is 0.690. The molecule has 3 nitrogen and oxygen atoms in total. The highest BCUT2D eigenvalue weighted by atomic mass is 32.1. The zero-order chi connectivity index (χ0) is 10.8. The molecule has 0 N–H and O–H groups in total. The van der Waals surface area contributed by atoms with Crippen LogP contribution in [0.3, 0.4) is 0 Å². The van der Waals surface area contributed by atoms with E-state index in [-0.39, 0.29) is 0 Å². The second kappa shape index (κ2) is 4.11. The average Bonchev–Trinajstić information content (AvgIpc) is 3.03. The Kier molecular flexibility index (Phi) is 2.47. The van der Waals surface area contributed by atoms with Crippen LogP contribution >= 0.6 is 22.7 Å². The van der Waals surface area contributed by atoms with Gasteiger partial charge in [-0.05, 0) is 22.9 Å². The SMILES string of the molecule is c1csc(-c2cnc(-c3cccs3)nn2)c1. The van der Waals surface area contributed by atoms with E-state index in [0.29, 0.717) is 5.82 Å². The highest BCUT2D eigenvalue weighted by Gasteiger charge is 2.05. The van der Waals surface area contributed by atoms with Gasteiger partial charge in [0.25, 0.3) is 0 Å². The maximum atomic E-state index is 4.32. The van der Waals surface area contributed by atoms with Crippen LogP contribution in [-0.2, 0) is 0 Å². The summed E-state index contributed by atoms with van der Waals surface area (Å²) in [4.78, 5) is 6.46. The third-order valence-electron chi connectivity index (χ3n) is 2.08. The molecule has 0 aliphatic heterocycles. The van der Waals surface area contributed by atoms with Crippen molar-refractivity contribution in [2.24, 2.45) is 0 Å². The summed E-state index contributed by atoms with van der Waals surface area (Å²) in [5.74, 6) is 0.690. The fourth-order valence-corrected chi connectivity index (χ4v) is 2.67. The summed E-state index contributed by atoms with van der Waals surface area (Å²) in [6.07, 6.45) is 1.77. The van der Waals surface area contributed by atoms with Crippen LogP contribution in [0.1, 0.15) is 0 Å². The van der Waals surface area contributed by atoms with Crippen molar-refractivity contribution < 1.29 is 0 Å². The van der Waals surface area contributed by atoms with Gasteiger partial charge >= 0.3 is 0 Å². The summed E-state index contributed by atoms with van der Waals surface area (Å²) >= 11 is 3.26. The molecular weight excluding hydrogens is 238 g/mol. The first-order chi connectivity index (χ1) is 7.93. The third kappa shape index (κ3) is 1.75. The highest BCUT2D eigenvalue weighted by molar-refractivity contribution is 7.13. The molecule has 0 radical (unpaired) electrons. The lowest BCUT2D eigenvalue weighted by atomic mass is 10.4. The molecule has 0 bridgehead atoms. The summed E-state index contributed by atoms with van der Waals surface area (Å²) < 4.78 is 0. The average molecular weight is 245 g/mol. The molecule has 5 heteroatoms. The molecule has 0 saturated carbocycles. The number of nitrogens with zero attached hydrogens (tertiary/aromatic N) is 3. The Labute approximate surface area is 100 Å². The summed E-state index contributed by atoms with van der Waals surface area (Å²) in [6.45, 7) is 0. The number of hydrogen-bond acceptors (Lipinski definition) is 5. The van der Waals surface area contributed by atoms with Crippen LogP contribution in [-0.4, -0.2) is 15.2 Å². The molecule has 0 aliphatic rings. The molecule has 3 rings (SSSR count). The summed E-state index contributed by atoms with van der Waals surface area (Å²) in [5, 5.41) is 12.3. The van der Waals surface area contributed by atoms with Gasteiger partial charge in [-0.25, -0.2) is 4.98 Å². The highest BCUT2D eigenvalue weighted by Crippen LogP contribution is 2.23. The van der Waals surface area contributed by atoms with Gasteiger partial charge in [-0.2, -0.15) is 0 Å². The van der Waals surface area contributed by atoms with Gasteiger partial charge in [-0.3, -0.25) is 0 Å². The number of aromatic nitrogens is 3. The van der Waals surface area contributed by atoms with Crippen molar-refractivity contribution in [2.75, 3.05) is 0 Å². The standard InChI is InChI=1S/C11H7N3S2/c1-3-9(15-5-1)8-7-12-11(14-13-8)10-4-2-6-16-10/h1-7H. The van der Waals surface area contributed by atoms with Crippen molar-refractivity contribution in [3.8, 4) is 21.3 Å². The second-order valence-corrected chi connectivity index (χ2v) is 5.02. The fourth-order valence-electron chi connectivity index (χ4n) is 1.33. The Bertz CT molecular complexity index is 503. The largest absolute Gasteiger partial charge is 0.232 e. The van der Waals surface area contributed by atoms with E-state index in [1.54, 1.807) is 28.9 Å². The van der Waals surface area contributed by atoms with Crippen LogP contribution in [0, 0.1) is 0 Å². The van der Waals surface area contributed by atoms with Crippen LogP contribution in [0.4, 0.5) is 0 Å². The van der Waals surface area contributed by atoms with E-state index in [1.165, 1.54) is 0 Å². The first-order valence-corrected chi connectivity index (χ1v) is 6.47. The summed E-state index contributed by atoms with van der Waals surface area (Å²) in [6, 6.07) is 7.99. The molecule has 0 saturated heterocycles. The van der Waals surface area contributed by atoms with Crippen molar-refractivity contribution in [3.63, 3.8) is 0 Å². The first-order valence-electron chi connectivity index (χ1n) is 4.71. The molecule has 0 aliphatic carbocycles. The van der Waals surface area contributed by atoms with Gasteiger partial charge < -0.3 is 0 Å². The molecule has 78 valence electrons. The smallest absolute Gasteiger partial charge is 0.191 e. The summed E-state index contributed by atoms with van der Waals surface area (Å²) in [7, 11) is 0. The predicted octanol–water partition coefficient (Wildman–Crippen LogP) is 3.33. The monoisotopic (exact) mass is 245 g/mol. The van der Waals surface area contributed by atoms with E-state index < -0.39 is 0 Å². The maximum absolute atomic E-state index is 4.32. The summed E-state index contributed by atoms with van der Waals surface area (Å²) in [5.41, 5.74) is 0.829. The van der Waals surface area contributed by atoms with Crippen molar-refractivity contribution in [3.05, 3.63) is 41.2 Å². The van der Waals surface area contributed by atoms with Gasteiger partial charge in [0.15, 0.2) is 5.82 Å². The zero-order valence-corrected chi connectivity index (χ0v) is 9.83. The molecule has 0 unspecified atom stereocenters. The Balaban J connectivity index is 1.97. The van der Waals surface area contributed by atoms with E-state index in [4.69, 9.17) is 0 Å². The van der Waals surface area contributed by atoms with Gasteiger partial charge in [0.05, 0.1) is 16.0 Å². The van der Waals surface area contributed by atoms with Gasteiger partial charge in [0, 0.05) is 0 Å². The van der Waals surface area contributed by atoms with E-state index in [0.717, 1.165) is 15.4 Å². The van der Waals surface area contributed by atoms with Crippen LogP contribution in [0.5, 0.6) is 0 Å². The topological polar surface area (TPSA) is 38.7 Å². The quantitative estimate of drug-likeness (QED) is 0.695. The van der Waals surface area contributed by atoms with Gasteiger partial charge in [-0.1, -0.05) is 12.1 Å². The molecule has 3 aromatic rings. The van der Waals surface area contributed by atoms with Crippen LogP contribution in [0.2, 0.25) is 0 Å². The zero-order valence-electron chi connectivity index (χ0n) is 8.20. The molecule has 3 aromatic heterocycles. The van der Waals surface area contributed by atoms with E-state index in [9.17, 15) is 0 Å². The van der Waals surface area contributed by atoms with Crippen LogP contribution < -0.4 is 0 Å².